The predicted molar refractivity (Wildman–Crippen MR) is 57.0 cm³/mol. The predicted octanol–water partition coefficient (Wildman–Crippen LogP) is 0.480. The molecule has 15 heavy (non-hydrogen) atoms. The standard InChI is InChI=1S/C8H10N6S/c1-14-3-6(2-12-14)4-15-8-11-5-10-7(9)13-8/h2-3,5H,4H2,1H3,(H2,9,10,11,13). The Bertz CT molecular complexity index is 454. The molecule has 0 spiro atoms. The van der Waals surface area contributed by atoms with Gasteiger partial charge in [0.05, 0.1) is 6.20 Å². The molecule has 7 heteroatoms. The molecule has 2 rings (SSSR count). The minimum atomic E-state index is 0.249. The average Bonchev–Trinajstić information content (AvgIpc) is 2.62. The van der Waals surface area contributed by atoms with Gasteiger partial charge in [0.2, 0.25) is 5.95 Å². The molecule has 2 heterocycles. The smallest absolute Gasteiger partial charge is 0.223 e. The summed E-state index contributed by atoms with van der Waals surface area (Å²) in [5.41, 5.74) is 6.57. The van der Waals surface area contributed by atoms with Crippen molar-refractivity contribution < 1.29 is 0 Å². The molecule has 0 radical (unpaired) electrons. The number of anilines is 1. The third kappa shape index (κ3) is 2.66. The molecule has 0 saturated carbocycles. The Balaban J connectivity index is 1.99. The van der Waals surface area contributed by atoms with E-state index in [4.69, 9.17) is 5.73 Å². The molecule has 0 bridgehead atoms. The lowest BCUT2D eigenvalue weighted by Gasteiger charge is -1.97. The molecule has 0 aliphatic carbocycles. The van der Waals surface area contributed by atoms with Gasteiger partial charge in [0.1, 0.15) is 6.33 Å². The van der Waals surface area contributed by atoms with Crippen molar-refractivity contribution in [2.45, 2.75) is 10.9 Å². The number of nitrogens with two attached hydrogens (primary N) is 1. The first kappa shape index (κ1) is 9.91. The molecule has 78 valence electrons. The van der Waals surface area contributed by atoms with Crippen LogP contribution in [0.15, 0.2) is 23.9 Å². The summed E-state index contributed by atoms with van der Waals surface area (Å²) in [6.45, 7) is 0. The zero-order valence-corrected chi connectivity index (χ0v) is 8.98. The number of aromatic nitrogens is 5. The van der Waals surface area contributed by atoms with E-state index in [-0.39, 0.29) is 5.95 Å². The van der Waals surface area contributed by atoms with E-state index in [0.29, 0.717) is 5.16 Å². The number of nitrogen functional groups attached to an aromatic ring is 1. The molecule has 2 aromatic rings. The maximum Gasteiger partial charge on any atom is 0.223 e. The van der Waals surface area contributed by atoms with Crippen LogP contribution in [-0.2, 0) is 12.8 Å². The summed E-state index contributed by atoms with van der Waals surface area (Å²) in [5.74, 6) is 1.02. The number of aryl methyl sites for hydroxylation is 1. The second-order valence-electron chi connectivity index (χ2n) is 2.94. The first-order valence-corrected chi connectivity index (χ1v) is 5.27. The van der Waals surface area contributed by atoms with E-state index in [2.05, 4.69) is 20.1 Å². The van der Waals surface area contributed by atoms with Crippen molar-refractivity contribution in [3.63, 3.8) is 0 Å². The summed E-state index contributed by atoms with van der Waals surface area (Å²) in [5, 5.41) is 4.70. The number of thioether (sulfide) groups is 1. The highest BCUT2D eigenvalue weighted by molar-refractivity contribution is 7.98. The molecule has 0 aromatic carbocycles. The fraction of sp³-hybridized carbons (Fsp3) is 0.250. The first-order chi connectivity index (χ1) is 7.24. The Morgan fingerprint density at radius 2 is 2.33 bits per heavy atom. The van der Waals surface area contributed by atoms with E-state index in [1.807, 2.05) is 19.4 Å². The molecule has 2 N–H and O–H groups in total. The van der Waals surface area contributed by atoms with Gasteiger partial charge < -0.3 is 5.73 Å². The number of nitrogens with zero attached hydrogens (tertiary/aromatic N) is 5. The lowest BCUT2D eigenvalue weighted by molar-refractivity contribution is 0.767. The molecule has 0 amide bonds. The van der Waals surface area contributed by atoms with Crippen LogP contribution in [-0.4, -0.2) is 24.7 Å². The minimum Gasteiger partial charge on any atom is -0.368 e. The minimum absolute atomic E-state index is 0.249. The van der Waals surface area contributed by atoms with E-state index in [9.17, 15) is 0 Å². The largest absolute Gasteiger partial charge is 0.368 e. The van der Waals surface area contributed by atoms with Gasteiger partial charge in [-0.3, -0.25) is 4.68 Å². The fourth-order valence-corrected chi connectivity index (χ4v) is 1.78. The summed E-state index contributed by atoms with van der Waals surface area (Å²) in [6, 6.07) is 0. The number of hydrogen-bond donors (Lipinski definition) is 1. The zero-order valence-electron chi connectivity index (χ0n) is 8.16. The van der Waals surface area contributed by atoms with Crippen molar-refractivity contribution >= 4 is 17.7 Å². The van der Waals surface area contributed by atoms with Crippen molar-refractivity contribution in [3.05, 3.63) is 24.3 Å². The average molecular weight is 222 g/mol. The van der Waals surface area contributed by atoms with E-state index in [0.717, 1.165) is 11.3 Å². The van der Waals surface area contributed by atoms with Crippen LogP contribution < -0.4 is 5.73 Å². The summed E-state index contributed by atoms with van der Waals surface area (Å²) in [6.07, 6.45) is 5.18. The Kier molecular flexibility index (Phi) is 2.82. The summed E-state index contributed by atoms with van der Waals surface area (Å²) in [4.78, 5) is 11.7. The molecule has 2 aromatic heterocycles. The van der Waals surface area contributed by atoms with Crippen molar-refractivity contribution in [3.8, 4) is 0 Å². The highest BCUT2D eigenvalue weighted by atomic mass is 32.2. The van der Waals surface area contributed by atoms with Crippen LogP contribution in [0.5, 0.6) is 0 Å². The number of rotatable bonds is 3. The SMILES string of the molecule is Cn1cc(CSc2ncnc(N)n2)cn1. The van der Waals surface area contributed by atoms with Crippen LogP contribution in [0.1, 0.15) is 5.56 Å². The second kappa shape index (κ2) is 4.26. The van der Waals surface area contributed by atoms with Gasteiger partial charge >= 0.3 is 0 Å². The first-order valence-electron chi connectivity index (χ1n) is 4.29. The van der Waals surface area contributed by atoms with Crippen LogP contribution in [0.4, 0.5) is 5.95 Å². The summed E-state index contributed by atoms with van der Waals surface area (Å²) in [7, 11) is 1.88. The van der Waals surface area contributed by atoms with Crippen molar-refractivity contribution in [1.29, 1.82) is 0 Å². The van der Waals surface area contributed by atoms with Gasteiger partial charge in [-0.15, -0.1) is 0 Å². The third-order valence-electron chi connectivity index (χ3n) is 1.69. The highest BCUT2D eigenvalue weighted by Gasteiger charge is 2.01. The third-order valence-corrected chi connectivity index (χ3v) is 2.63. The van der Waals surface area contributed by atoms with Crippen molar-refractivity contribution in [2.24, 2.45) is 7.05 Å². The van der Waals surface area contributed by atoms with Gasteiger partial charge in [-0.1, -0.05) is 11.8 Å². The van der Waals surface area contributed by atoms with Gasteiger partial charge in [0.25, 0.3) is 0 Å². The molecular formula is C8H10N6S. The van der Waals surface area contributed by atoms with Crippen LogP contribution >= 0.6 is 11.8 Å². The quantitative estimate of drug-likeness (QED) is 0.760. The van der Waals surface area contributed by atoms with Crippen LogP contribution in [0.25, 0.3) is 0 Å². The van der Waals surface area contributed by atoms with Crippen LogP contribution in [0.2, 0.25) is 0 Å². The Morgan fingerprint density at radius 1 is 1.47 bits per heavy atom. The molecule has 0 aliphatic rings. The Hall–Kier alpha value is -1.63. The lowest BCUT2D eigenvalue weighted by atomic mass is 10.4. The van der Waals surface area contributed by atoms with Gasteiger partial charge in [0, 0.05) is 24.6 Å². The number of hydrogen-bond acceptors (Lipinski definition) is 6. The monoisotopic (exact) mass is 222 g/mol. The molecule has 0 unspecified atom stereocenters. The molecule has 0 atom stereocenters. The topological polar surface area (TPSA) is 82.5 Å². The fourth-order valence-electron chi connectivity index (χ4n) is 1.06. The van der Waals surface area contributed by atoms with Crippen LogP contribution in [0.3, 0.4) is 0 Å². The molecule has 0 aliphatic heterocycles. The molecule has 0 saturated heterocycles. The van der Waals surface area contributed by atoms with Gasteiger partial charge in [-0.05, 0) is 0 Å². The Labute approximate surface area is 90.9 Å². The van der Waals surface area contributed by atoms with E-state index in [1.165, 1.54) is 18.1 Å². The van der Waals surface area contributed by atoms with E-state index < -0.39 is 0 Å². The maximum absolute atomic E-state index is 5.44. The second-order valence-corrected chi connectivity index (χ2v) is 3.88. The van der Waals surface area contributed by atoms with Gasteiger partial charge in [-0.25, -0.2) is 9.97 Å². The molecular weight excluding hydrogens is 212 g/mol. The zero-order chi connectivity index (χ0) is 10.7. The van der Waals surface area contributed by atoms with Gasteiger partial charge in [0.15, 0.2) is 5.16 Å². The van der Waals surface area contributed by atoms with Gasteiger partial charge in [-0.2, -0.15) is 10.1 Å². The van der Waals surface area contributed by atoms with E-state index >= 15 is 0 Å². The molecule has 0 fully saturated rings. The van der Waals surface area contributed by atoms with Crippen molar-refractivity contribution in [2.75, 3.05) is 5.73 Å². The normalized spacial score (nSPS) is 10.5. The highest BCUT2D eigenvalue weighted by Crippen LogP contribution is 2.17. The van der Waals surface area contributed by atoms with E-state index in [1.54, 1.807) is 4.68 Å². The van der Waals surface area contributed by atoms with Crippen LogP contribution in [0, 0.1) is 0 Å². The summed E-state index contributed by atoms with van der Waals surface area (Å²) >= 11 is 1.51. The molecule has 6 nitrogen and oxygen atoms in total. The maximum atomic E-state index is 5.44. The van der Waals surface area contributed by atoms with Crippen molar-refractivity contribution in [1.82, 2.24) is 24.7 Å². The Morgan fingerprint density at radius 3 is 3.00 bits per heavy atom. The summed E-state index contributed by atoms with van der Waals surface area (Å²) < 4.78 is 1.76. The lowest BCUT2D eigenvalue weighted by Crippen LogP contribution is -1.97.